The largest absolute Gasteiger partial charge is 0.266 e. The normalized spacial score (nSPS) is 12.6. The second kappa shape index (κ2) is 6.47. The molecule has 0 bridgehead atoms. The molecule has 1 aromatic carbocycles. The van der Waals surface area contributed by atoms with Gasteiger partial charge in [0.05, 0.1) is 23.1 Å². The Morgan fingerprint density at radius 1 is 1.20 bits per heavy atom. The van der Waals surface area contributed by atoms with Crippen LogP contribution in [0, 0.1) is 13.8 Å². The molecule has 0 unspecified atom stereocenters. The van der Waals surface area contributed by atoms with Gasteiger partial charge in [0.1, 0.15) is 15.9 Å². The third kappa shape index (κ3) is 3.19. The Bertz CT molecular complexity index is 1020. The number of aromatic nitrogens is 4. The Hall–Kier alpha value is -1.84. The topological polar surface area (TPSA) is 81.0 Å². The van der Waals surface area contributed by atoms with Crippen LogP contribution in [0.5, 0.6) is 0 Å². The van der Waals surface area contributed by atoms with E-state index in [1.807, 2.05) is 32.0 Å². The van der Waals surface area contributed by atoms with Crippen molar-refractivity contribution in [1.82, 2.24) is 22.8 Å². The third-order valence-electron chi connectivity index (χ3n) is 4.14. The first kappa shape index (κ1) is 18.0. The molecule has 0 aliphatic rings. The Morgan fingerprint density at radius 2 is 1.88 bits per heavy atom. The number of benzene rings is 1. The minimum atomic E-state index is -3.63. The van der Waals surface area contributed by atoms with Gasteiger partial charge in [0.25, 0.3) is 0 Å². The number of fused-ring (bicyclic) bond motifs is 1. The van der Waals surface area contributed by atoms with Crippen LogP contribution in [0.4, 0.5) is 0 Å². The van der Waals surface area contributed by atoms with Crippen LogP contribution in [0.15, 0.2) is 23.1 Å². The second-order valence-electron chi connectivity index (χ2n) is 6.39. The van der Waals surface area contributed by atoms with Gasteiger partial charge in [-0.15, -0.1) is 0 Å². The van der Waals surface area contributed by atoms with Gasteiger partial charge < -0.3 is 0 Å². The summed E-state index contributed by atoms with van der Waals surface area (Å²) in [5, 5.41) is 4.39. The van der Waals surface area contributed by atoms with Crippen LogP contribution >= 0.6 is 11.7 Å². The molecule has 0 N–H and O–H groups in total. The molecular weight excluding hydrogens is 358 g/mol. The first-order valence-electron chi connectivity index (χ1n) is 7.95. The number of nitrogens with zero attached hydrogens (tertiary/aromatic N) is 5. The van der Waals surface area contributed by atoms with E-state index in [1.54, 1.807) is 25.6 Å². The van der Waals surface area contributed by atoms with Crippen LogP contribution in [0.2, 0.25) is 0 Å². The van der Waals surface area contributed by atoms with Crippen molar-refractivity contribution >= 4 is 32.8 Å². The van der Waals surface area contributed by atoms with Gasteiger partial charge in [0, 0.05) is 19.6 Å². The molecule has 25 heavy (non-hydrogen) atoms. The summed E-state index contributed by atoms with van der Waals surface area (Å²) < 4.78 is 37.6. The summed E-state index contributed by atoms with van der Waals surface area (Å²) in [6, 6.07) is 5.73. The fraction of sp³-hybridized carbons (Fsp3) is 0.438. The van der Waals surface area contributed by atoms with Gasteiger partial charge in [0.2, 0.25) is 10.0 Å². The molecule has 2 aromatic heterocycles. The van der Waals surface area contributed by atoms with E-state index in [0.717, 1.165) is 28.3 Å². The van der Waals surface area contributed by atoms with Crippen molar-refractivity contribution < 1.29 is 8.42 Å². The molecular formula is C16H21N5O2S2. The highest BCUT2D eigenvalue weighted by Crippen LogP contribution is 2.26. The summed E-state index contributed by atoms with van der Waals surface area (Å²) in [5.41, 5.74) is 3.67. The van der Waals surface area contributed by atoms with Crippen molar-refractivity contribution in [3.8, 4) is 0 Å². The molecule has 0 radical (unpaired) electrons. The highest BCUT2D eigenvalue weighted by molar-refractivity contribution is 7.89. The highest BCUT2D eigenvalue weighted by atomic mass is 32.2. The summed E-state index contributed by atoms with van der Waals surface area (Å²) in [6.45, 7) is 7.77. The summed E-state index contributed by atoms with van der Waals surface area (Å²) in [5.74, 6) is 0. The van der Waals surface area contributed by atoms with Gasteiger partial charge in [-0.1, -0.05) is 6.07 Å². The molecule has 7 nitrogen and oxygen atoms in total. The third-order valence-corrected chi connectivity index (χ3v) is 6.75. The number of aryl methyl sites for hydroxylation is 1. The van der Waals surface area contributed by atoms with Gasteiger partial charge >= 0.3 is 0 Å². The van der Waals surface area contributed by atoms with Crippen LogP contribution in [-0.2, 0) is 16.6 Å². The van der Waals surface area contributed by atoms with Crippen molar-refractivity contribution in [2.24, 2.45) is 0 Å². The lowest BCUT2D eigenvalue weighted by molar-refractivity contribution is 0.465. The van der Waals surface area contributed by atoms with E-state index >= 15 is 0 Å². The minimum Gasteiger partial charge on any atom is -0.266 e. The predicted octanol–water partition coefficient (Wildman–Crippen LogP) is 2.91. The summed E-state index contributed by atoms with van der Waals surface area (Å²) >= 11 is 1.15. The molecule has 2 heterocycles. The molecule has 0 spiro atoms. The summed E-state index contributed by atoms with van der Waals surface area (Å²) in [7, 11) is -2.05. The lowest BCUT2D eigenvalue weighted by Crippen LogP contribution is -2.27. The van der Waals surface area contributed by atoms with E-state index in [0.29, 0.717) is 16.3 Å². The van der Waals surface area contributed by atoms with Crippen molar-refractivity contribution in [3.63, 3.8) is 0 Å². The second-order valence-corrected chi connectivity index (χ2v) is 8.90. The van der Waals surface area contributed by atoms with Crippen LogP contribution in [-0.4, -0.2) is 38.3 Å². The Kier molecular flexibility index (Phi) is 4.65. The molecule has 0 amide bonds. The average molecular weight is 380 g/mol. The average Bonchev–Trinajstić information content (AvgIpc) is 3.10. The lowest BCUT2D eigenvalue weighted by Gasteiger charge is -2.18. The van der Waals surface area contributed by atoms with Crippen LogP contribution in [0.25, 0.3) is 11.0 Å². The molecule has 0 atom stereocenters. The predicted molar refractivity (Wildman–Crippen MR) is 98.2 cm³/mol. The number of hydrogen-bond acceptors (Lipinski definition) is 6. The maximum absolute atomic E-state index is 13.1. The van der Waals surface area contributed by atoms with Crippen LogP contribution in [0.1, 0.15) is 36.8 Å². The Balaban J connectivity index is 1.94. The number of rotatable bonds is 5. The molecule has 0 saturated heterocycles. The quantitative estimate of drug-likeness (QED) is 0.681. The lowest BCUT2D eigenvalue weighted by atomic mass is 10.2. The van der Waals surface area contributed by atoms with E-state index in [2.05, 4.69) is 13.8 Å². The minimum absolute atomic E-state index is 0.104. The van der Waals surface area contributed by atoms with Gasteiger partial charge in [-0.2, -0.15) is 18.2 Å². The van der Waals surface area contributed by atoms with Crippen molar-refractivity contribution in [2.45, 2.75) is 45.2 Å². The fourth-order valence-electron chi connectivity index (χ4n) is 2.95. The van der Waals surface area contributed by atoms with E-state index < -0.39 is 10.0 Å². The van der Waals surface area contributed by atoms with Gasteiger partial charge in [-0.05, 0) is 45.4 Å². The van der Waals surface area contributed by atoms with E-state index in [1.165, 1.54) is 4.31 Å². The van der Waals surface area contributed by atoms with Gasteiger partial charge in [-0.25, -0.2) is 8.42 Å². The summed E-state index contributed by atoms with van der Waals surface area (Å²) in [4.78, 5) is 0.292. The molecule has 0 aliphatic heterocycles. The maximum atomic E-state index is 13.1. The zero-order chi connectivity index (χ0) is 18.4. The smallest absolute Gasteiger partial charge is 0.246 e. The van der Waals surface area contributed by atoms with Gasteiger partial charge in [-0.3, -0.25) is 4.68 Å². The molecule has 3 aromatic rings. The molecule has 0 aliphatic carbocycles. The number of hydrogen-bond donors (Lipinski definition) is 0. The van der Waals surface area contributed by atoms with Gasteiger partial charge in [0.15, 0.2) is 0 Å². The van der Waals surface area contributed by atoms with Crippen molar-refractivity contribution in [2.75, 3.05) is 7.05 Å². The summed E-state index contributed by atoms with van der Waals surface area (Å²) in [6.07, 6.45) is 0. The van der Waals surface area contributed by atoms with E-state index in [-0.39, 0.29) is 12.6 Å². The molecule has 134 valence electrons. The maximum Gasteiger partial charge on any atom is 0.246 e. The molecule has 9 heteroatoms. The first-order chi connectivity index (χ1) is 11.7. The Morgan fingerprint density at radius 3 is 2.52 bits per heavy atom. The van der Waals surface area contributed by atoms with Crippen LogP contribution < -0.4 is 0 Å². The fourth-order valence-corrected chi connectivity index (χ4v) is 4.98. The van der Waals surface area contributed by atoms with E-state index in [9.17, 15) is 8.42 Å². The monoisotopic (exact) mass is 379 g/mol. The number of sulfonamides is 1. The van der Waals surface area contributed by atoms with E-state index in [4.69, 9.17) is 0 Å². The molecule has 3 rings (SSSR count). The first-order valence-corrected chi connectivity index (χ1v) is 10.1. The molecule has 0 fully saturated rings. The zero-order valence-corrected chi connectivity index (χ0v) is 16.5. The molecule has 0 saturated carbocycles. The zero-order valence-electron chi connectivity index (χ0n) is 14.9. The SMILES string of the molecule is Cc1nn(C(C)C)c(C)c1S(=O)(=O)N(C)Cc1ccc2nsnc2c1. The Labute approximate surface area is 151 Å². The van der Waals surface area contributed by atoms with Crippen molar-refractivity contribution in [3.05, 3.63) is 35.2 Å². The standard InChI is InChI=1S/C16H21N5O2S2/c1-10(2)21-12(4)16(11(3)17-21)25(22,23)20(5)9-13-6-7-14-15(8-13)19-24-18-14/h6-8,10H,9H2,1-5H3. The van der Waals surface area contributed by atoms with Crippen molar-refractivity contribution in [1.29, 1.82) is 0 Å². The van der Waals surface area contributed by atoms with Crippen LogP contribution in [0.3, 0.4) is 0 Å². The highest BCUT2D eigenvalue weighted by Gasteiger charge is 2.29.